The molecule has 0 saturated heterocycles. The molecule has 39 heavy (non-hydrogen) atoms. The predicted octanol–water partition coefficient (Wildman–Crippen LogP) is 6.22. The highest BCUT2D eigenvalue weighted by molar-refractivity contribution is 6.32. The van der Waals surface area contributed by atoms with Crippen LogP contribution in [-0.2, 0) is 20.7 Å². The summed E-state index contributed by atoms with van der Waals surface area (Å²) in [7, 11) is 0. The SMILES string of the molecule is CC1=C(C(=O)OCCc2ccccc2)C(c2cc3c(cc2Cl)OCO3)C2=C(CC(c3ccccc3)CC2=O)N1. The van der Waals surface area contributed by atoms with E-state index in [1.165, 1.54) is 0 Å². The molecule has 6 nitrogen and oxygen atoms in total. The van der Waals surface area contributed by atoms with Crippen molar-refractivity contribution in [3.8, 4) is 11.5 Å². The van der Waals surface area contributed by atoms with E-state index in [0.717, 1.165) is 16.8 Å². The van der Waals surface area contributed by atoms with E-state index in [9.17, 15) is 9.59 Å². The number of benzene rings is 3. The molecule has 0 bridgehead atoms. The third-order valence-corrected chi connectivity index (χ3v) is 7.92. The molecule has 3 aromatic carbocycles. The molecule has 0 fully saturated rings. The minimum atomic E-state index is -0.684. The van der Waals surface area contributed by atoms with Crippen molar-refractivity contribution in [3.63, 3.8) is 0 Å². The van der Waals surface area contributed by atoms with Crippen molar-refractivity contribution in [2.24, 2.45) is 0 Å². The molecule has 0 amide bonds. The zero-order valence-electron chi connectivity index (χ0n) is 21.5. The van der Waals surface area contributed by atoms with Crippen molar-refractivity contribution in [1.82, 2.24) is 5.32 Å². The van der Waals surface area contributed by atoms with E-state index < -0.39 is 11.9 Å². The lowest BCUT2D eigenvalue weighted by atomic mass is 9.71. The third kappa shape index (κ3) is 4.92. The van der Waals surface area contributed by atoms with E-state index in [1.807, 2.05) is 55.5 Å². The van der Waals surface area contributed by atoms with Gasteiger partial charge in [0, 0.05) is 46.8 Å². The molecule has 2 unspecified atom stereocenters. The topological polar surface area (TPSA) is 73.9 Å². The Morgan fingerprint density at radius 3 is 2.44 bits per heavy atom. The predicted molar refractivity (Wildman–Crippen MR) is 148 cm³/mol. The fourth-order valence-corrected chi connectivity index (χ4v) is 5.98. The first-order valence-corrected chi connectivity index (χ1v) is 13.5. The lowest BCUT2D eigenvalue weighted by Gasteiger charge is -2.37. The number of nitrogens with one attached hydrogen (secondary N) is 1. The normalized spacial score (nSPS) is 20.0. The van der Waals surface area contributed by atoms with Gasteiger partial charge in [0.2, 0.25) is 6.79 Å². The van der Waals surface area contributed by atoms with Gasteiger partial charge in [-0.25, -0.2) is 4.79 Å². The van der Waals surface area contributed by atoms with Crippen LogP contribution >= 0.6 is 11.6 Å². The van der Waals surface area contributed by atoms with Gasteiger partial charge in [-0.05, 0) is 42.0 Å². The third-order valence-electron chi connectivity index (χ3n) is 7.59. The van der Waals surface area contributed by atoms with Crippen LogP contribution in [0, 0.1) is 0 Å². The summed E-state index contributed by atoms with van der Waals surface area (Å²) >= 11 is 6.78. The van der Waals surface area contributed by atoms with E-state index >= 15 is 0 Å². The van der Waals surface area contributed by atoms with Crippen LogP contribution in [0.4, 0.5) is 0 Å². The molecule has 6 rings (SSSR count). The smallest absolute Gasteiger partial charge is 0.336 e. The van der Waals surface area contributed by atoms with Crippen LogP contribution < -0.4 is 14.8 Å². The van der Waals surface area contributed by atoms with E-state index in [2.05, 4.69) is 17.4 Å². The van der Waals surface area contributed by atoms with E-state index in [0.29, 0.717) is 58.2 Å². The largest absolute Gasteiger partial charge is 0.462 e. The molecule has 198 valence electrons. The maximum absolute atomic E-state index is 13.8. The Labute approximate surface area is 232 Å². The van der Waals surface area contributed by atoms with E-state index in [1.54, 1.807) is 12.1 Å². The summed E-state index contributed by atoms with van der Waals surface area (Å²) in [6.45, 7) is 2.16. The van der Waals surface area contributed by atoms with Crippen molar-refractivity contribution in [1.29, 1.82) is 0 Å². The fraction of sp³-hybridized carbons (Fsp3) is 0.250. The number of allylic oxidation sites excluding steroid dienone is 3. The van der Waals surface area contributed by atoms with Gasteiger partial charge in [0.15, 0.2) is 17.3 Å². The molecule has 3 aromatic rings. The Morgan fingerprint density at radius 1 is 1.00 bits per heavy atom. The Balaban J connectivity index is 1.37. The molecule has 2 heterocycles. The van der Waals surface area contributed by atoms with Crippen LogP contribution in [0.25, 0.3) is 0 Å². The average Bonchev–Trinajstić information content (AvgIpc) is 3.40. The van der Waals surface area contributed by atoms with Gasteiger partial charge in [0.1, 0.15) is 0 Å². The first-order valence-electron chi connectivity index (χ1n) is 13.1. The minimum Gasteiger partial charge on any atom is -0.462 e. The monoisotopic (exact) mass is 541 g/mol. The molecule has 0 radical (unpaired) electrons. The number of fused-ring (bicyclic) bond motifs is 1. The van der Waals surface area contributed by atoms with Crippen molar-refractivity contribution >= 4 is 23.4 Å². The number of ketones is 1. The molecular formula is C32H28ClNO5. The van der Waals surface area contributed by atoms with E-state index in [4.69, 9.17) is 25.8 Å². The Bertz CT molecular complexity index is 1500. The molecular weight excluding hydrogens is 514 g/mol. The van der Waals surface area contributed by atoms with Gasteiger partial charge in [0.05, 0.1) is 12.2 Å². The lowest BCUT2D eigenvalue weighted by Crippen LogP contribution is -2.36. The highest BCUT2D eigenvalue weighted by atomic mass is 35.5. The summed E-state index contributed by atoms with van der Waals surface area (Å²) in [6.07, 6.45) is 1.59. The second-order valence-electron chi connectivity index (χ2n) is 10.0. The summed E-state index contributed by atoms with van der Waals surface area (Å²) in [4.78, 5) is 27.5. The van der Waals surface area contributed by atoms with Crippen LogP contribution in [0.15, 0.2) is 95.3 Å². The standard InChI is InChI=1S/C32H28ClNO5/c1-19-29(32(36)37-13-12-20-8-4-2-5-9-20)30(23-16-27-28(17-24(23)33)39-18-38-27)31-25(34-19)14-22(15-26(31)35)21-10-6-3-7-11-21/h2-11,16-17,22,30,34H,12-15,18H2,1H3. The molecule has 0 spiro atoms. The van der Waals surface area contributed by atoms with Crippen LogP contribution in [0.2, 0.25) is 5.02 Å². The number of carbonyl (C=O) groups excluding carboxylic acids is 2. The van der Waals surface area contributed by atoms with Gasteiger partial charge in [-0.3, -0.25) is 4.79 Å². The molecule has 3 aliphatic rings. The minimum absolute atomic E-state index is 0.0153. The number of rotatable bonds is 6. The Hall–Kier alpha value is -4.03. The van der Waals surface area contributed by atoms with Gasteiger partial charge < -0.3 is 19.5 Å². The quantitative estimate of drug-likeness (QED) is 0.374. The number of esters is 1. The number of halogens is 1. The van der Waals surface area contributed by atoms with Crippen LogP contribution in [0.1, 0.15) is 48.3 Å². The number of Topliss-reactive ketones (excluding diaryl/α,β-unsaturated/α-hetero) is 1. The highest BCUT2D eigenvalue weighted by Gasteiger charge is 2.42. The summed E-state index contributed by atoms with van der Waals surface area (Å²) in [5.74, 6) is -0.0482. The second kappa shape index (κ2) is 10.6. The number of hydrogen-bond donors (Lipinski definition) is 1. The number of hydrogen-bond acceptors (Lipinski definition) is 6. The van der Waals surface area contributed by atoms with Crippen molar-refractivity contribution < 1.29 is 23.8 Å². The average molecular weight is 542 g/mol. The van der Waals surface area contributed by atoms with Gasteiger partial charge in [-0.2, -0.15) is 0 Å². The van der Waals surface area contributed by atoms with E-state index in [-0.39, 0.29) is 25.1 Å². The molecule has 2 aliphatic heterocycles. The van der Waals surface area contributed by atoms with Gasteiger partial charge in [0.25, 0.3) is 0 Å². The molecule has 1 aliphatic carbocycles. The fourth-order valence-electron chi connectivity index (χ4n) is 5.72. The second-order valence-corrected chi connectivity index (χ2v) is 10.4. The number of carbonyl (C=O) groups is 2. The van der Waals surface area contributed by atoms with Crippen LogP contribution in [0.5, 0.6) is 11.5 Å². The van der Waals surface area contributed by atoms with Gasteiger partial charge in [-0.1, -0.05) is 72.3 Å². The molecule has 0 aromatic heterocycles. The molecule has 0 saturated carbocycles. The Morgan fingerprint density at radius 2 is 1.69 bits per heavy atom. The lowest BCUT2D eigenvalue weighted by molar-refractivity contribution is -0.139. The highest BCUT2D eigenvalue weighted by Crippen LogP contribution is 2.49. The zero-order chi connectivity index (χ0) is 26.9. The van der Waals surface area contributed by atoms with Crippen molar-refractivity contribution in [2.45, 2.75) is 38.0 Å². The summed E-state index contributed by atoms with van der Waals surface area (Å²) in [5, 5.41) is 3.80. The first kappa shape index (κ1) is 25.3. The van der Waals surface area contributed by atoms with Gasteiger partial charge >= 0.3 is 5.97 Å². The first-order chi connectivity index (χ1) is 19.0. The Kier molecular flexibility index (Phi) is 6.88. The summed E-state index contributed by atoms with van der Waals surface area (Å²) in [5.41, 5.74) is 5.22. The maximum Gasteiger partial charge on any atom is 0.336 e. The molecule has 2 atom stereocenters. The molecule has 1 N–H and O–H groups in total. The van der Waals surface area contributed by atoms with Crippen LogP contribution in [0.3, 0.4) is 0 Å². The van der Waals surface area contributed by atoms with Crippen LogP contribution in [-0.4, -0.2) is 25.2 Å². The summed E-state index contributed by atoms with van der Waals surface area (Å²) in [6, 6.07) is 23.4. The molecule has 7 heteroatoms. The zero-order valence-corrected chi connectivity index (χ0v) is 22.3. The number of dihydropyridines is 1. The van der Waals surface area contributed by atoms with Crippen molar-refractivity contribution in [3.05, 3.63) is 117 Å². The van der Waals surface area contributed by atoms with Crippen molar-refractivity contribution in [2.75, 3.05) is 13.4 Å². The summed E-state index contributed by atoms with van der Waals surface area (Å²) < 4.78 is 16.9. The van der Waals surface area contributed by atoms with Gasteiger partial charge in [-0.15, -0.1) is 0 Å². The maximum atomic E-state index is 13.8. The number of ether oxygens (including phenoxy) is 3.